The first-order valence-electron chi connectivity index (χ1n) is 10.0. The van der Waals surface area contributed by atoms with Crippen LogP contribution in [-0.4, -0.2) is 31.8 Å². The molecule has 1 atom stereocenters. The molecule has 1 fully saturated rings. The van der Waals surface area contributed by atoms with Gasteiger partial charge in [0, 0.05) is 30.5 Å². The van der Waals surface area contributed by atoms with Crippen LogP contribution in [0.5, 0.6) is 0 Å². The molecule has 2 aromatic carbocycles. The van der Waals surface area contributed by atoms with Crippen molar-refractivity contribution >= 4 is 39.0 Å². The van der Waals surface area contributed by atoms with Gasteiger partial charge in [-0.3, -0.25) is 14.3 Å². The second-order valence-corrected chi connectivity index (χ2v) is 9.21. The lowest BCUT2D eigenvalue weighted by Crippen LogP contribution is -2.28. The second kappa shape index (κ2) is 8.80. The maximum atomic E-state index is 12.7. The van der Waals surface area contributed by atoms with Crippen molar-refractivity contribution in [2.24, 2.45) is 5.92 Å². The molecule has 32 heavy (non-hydrogen) atoms. The van der Waals surface area contributed by atoms with Crippen LogP contribution in [0.3, 0.4) is 0 Å². The molecule has 8 nitrogen and oxygen atoms in total. The molecule has 2 amide bonds. The highest BCUT2D eigenvalue weighted by molar-refractivity contribution is 7.92. The van der Waals surface area contributed by atoms with E-state index in [4.69, 9.17) is 0 Å². The minimum Gasteiger partial charge on any atom is -0.326 e. The number of anilines is 3. The summed E-state index contributed by atoms with van der Waals surface area (Å²) in [4.78, 5) is 30.8. The average molecular weight is 451 g/mol. The SMILES string of the molecule is Cc1ccccc1N1CC(C(=O)Nc2ccc(S(=O)(=O)Nc3ccccn3)cc2)CC1=O. The lowest BCUT2D eigenvalue weighted by atomic mass is 10.1. The zero-order valence-electron chi connectivity index (χ0n) is 17.4. The van der Waals surface area contributed by atoms with Gasteiger partial charge in [-0.25, -0.2) is 13.4 Å². The molecule has 164 valence electrons. The van der Waals surface area contributed by atoms with Crippen LogP contribution < -0.4 is 14.9 Å². The molecule has 1 saturated heterocycles. The number of nitrogens with one attached hydrogen (secondary N) is 2. The van der Waals surface area contributed by atoms with Crippen molar-refractivity contribution in [2.45, 2.75) is 18.2 Å². The van der Waals surface area contributed by atoms with E-state index in [0.29, 0.717) is 12.2 Å². The molecule has 4 rings (SSSR count). The topological polar surface area (TPSA) is 108 Å². The molecule has 0 spiro atoms. The van der Waals surface area contributed by atoms with Crippen LogP contribution in [0.4, 0.5) is 17.2 Å². The highest BCUT2D eigenvalue weighted by Gasteiger charge is 2.35. The minimum absolute atomic E-state index is 0.0444. The first kappa shape index (κ1) is 21.5. The summed E-state index contributed by atoms with van der Waals surface area (Å²) in [6.45, 7) is 2.23. The summed E-state index contributed by atoms with van der Waals surface area (Å²) >= 11 is 0. The summed E-state index contributed by atoms with van der Waals surface area (Å²) in [6, 6.07) is 18.3. The molecule has 1 aliphatic rings. The Morgan fingerprint density at radius 3 is 2.44 bits per heavy atom. The van der Waals surface area contributed by atoms with E-state index < -0.39 is 15.9 Å². The summed E-state index contributed by atoms with van der Waals surface area (Å²) in [6.07, 6.45) is 1.62. The Kier molecular flexibility index (Phi) is 5.91. The third-order valence-corrected chi connectivity index (χ3v) is 6.61. The van der Waals surface area contributed by atoms with Gasteiger partial charge in [-0.15, -0.1) is 0 Å². The highest BCUT2D eigenvalue weighted by Crippen LogP contribution is 2.28. The van der Waals surface area contributed by atoms with Gasteiger partial charge in [0.1, 0.15) is 5.82 Å². The predicted octanol–water partition coefficient (Wildman–Crippen LogP) is 3.18. The lowest BCUT2D eigenvalue weighted by molar-refractivity contribution is -0.122. The second-order valence-electron chi connectivity index (χ2n) is 7.53. The number of amides is 2. The molecule has 1 unspecified atom stereocenters. The van der Waals surface area contributed by atoms with E-state index in [9.17, 15) is 18.0 Å². The molecule has 3 aromatic rings. The van der Waals surface area contributed by atoms with Gasteiger partial charge in [0.2, 0.25) is 11.8 Å². The normalized spacial score (nSPS) is 16.1. The Hall–Kier alpha value is -3.72. The molecular formula is C23H22N4O4S. The number of aromatic nitrogens is 1. The fourth-order valence-electron chi connectivity index (χ4n) is 3.56. The first-order chi connectivity index (χ1) is 15.3. The highest BCUT2D eigenvalue weighted by atomic mass is 32.2. The van der Waals surface area contributed by atoms with E-state index in [1.807, 2.05) is 31.2 Å². The molecule has 2 heterocycles. The third-order valence-electron chi connectivity index (χ3n) is 5.24. The van der Waals surface area contributed by atoms with Crippen molar-refractivity contribution in [3.63, 3.8) is 0 Å². The molecule has 2 N–H and O–H groups in total. The van der Waals surface area contributed by atoms with Crippen LogP contribution in [0.25, 0.3) is 0 Å². The number of para-hydroxylation sites is 1. The van der Waals surface area contributed by atoms with Crippen molar-refractivity contribution in [3.05, 3.63) is 78.5 Å². The van der Waals surface area contributed by atoms with Gasteiger partial charge in [0.25, 0.3) is 10.0 Å². The largest absolute Gasteiger partial charge is 0.326 e. The maximum absolute atomic E-state index is 12.7. The van der Waals surface area contributed by atoms with Crippen LogP contribution in [-0.2, 0) is 19.6 Å². The molecule has 0 aliphatic carbocycles. The van der Waals surface area contributed by atoms with Gasteiger partial charge >= 0.3 is 0 Å². The molecule has 9 heteroatoms. The van der Waals surface area contributed by atoms with E-state index in [-0.39, 0.29) is 28.9 Å². The van der Waals surface area contributed by atoms with Gasteiger partial charge < -0.3 is 10.2 Å². The predicted molar refractivity (Wildman–Crippen MR) is 122 cm³/mol. The van der Waals surface area contributed by atoms with Crippen LogP contribution >= 0.6 is 0 Å². The Bertz CT molecular complexity index is 1240. The van der Waals surface area contributed by atoms with E-state index in [1.165, 1.54) is 30.5 Å². The Morgan fingerprint density at radius 1 is 1.03 bits per heavy atom. The molecule has 0 bridgehead atoms. The number of aryl methyl sites for hydroxylation is 1. The van der Waals surface area contributed by atoms with E-state index in [1.54, 1.807) is 23.1 Å². The molecule has 0 radical (unpaired) electrons. The molecular weight excluding hydrogens is 428 g/mol. The van der Waals surface area contributed by atoms with Crippen molar-refractivity contribution < 1.29 is 18.0 Å². The number of rotatable bonds is 6. The van der Waals surface area contributed by atoms with E-state index >= 15 is 0 Å². The summed E-state index contributed by atoms with van der Waals surface area (Å²) in [5, 5.41) is 2.77. The third kappa shape index (κ3) is 4.62. The monoisotopic (exact) mass is 450 g/mol. The quantitative estimate of drug-likeness (QED) is 0.600. The standard InChI is InChI=1S/C23H22N4O4S/c1-16-6-2-3-7-20(16)27-15-17(14-22(27)28)23(29)25-18-9-11-19(12-10-18)32(30,31)26-21-8-4-5-13-24-21/h2-13,17H,14-15H2,1H3,(H,24,26)(H,25,29). The number of hydrogen-bond acceptors (Lipinski definition) is 5. The molecule has 0 saturated carbocycles. The van der Waals surface area contributed by atoms with Gasteiger partial charge in [0.15, 0.2) is 0 Å². The van der Waals surface area contributed by atoms with E-state index in [2.05, 4.69) is 15.0 Å². The van der Waals surface area contributed by atoms with Gasteiger partial charge in [-0.05, 0) is 55.0 Å². The minimum atomic E-state index is -3.80. The Balaban J connectivity index is 1.41. The van der Waals surface area contributed by atoms with Crippen LogP contribution in [0.2, 0.25) is 0 Å². The smallest absolute Gasteiger partial charge is 0.263 e. The fraction of sp³-hybridized carbons (Fsp3) is 0.174. The summed E-state index contributed by atoms with van der Waals surface area (Å²) < 4.78 is 27.4. The number of sulfonamides is 1. The number of pyridine rings is 1. The summed E-state index contributed by atoms with van der Waals surface area (Å²) in [7, 11) is -3.80. The zero-order valence-corrected chi connectivity index (χ0v) is 18.2. The number of benzene rings is 2. The van der Waals surface area contributed by atoms with Crippen LogP contribution in [0.15, 0.2) is 77.8 Å². The van der Waals surface area contributed by atoms with Crippen LogP contribution in [0.1, 0.15) is 12.0 Å². The zero-order chi connectivity index (χ0) is 22.7. The lowest BCUT2D eigenvalue weighted by Gasteiger charge is -2.19. The summed E-state index contributed by atoms with van der Waals surface area (Å²) in [5.41, 5.74) is 2.23. The molecule has 1 aromatic heterocycles. The maximum Gasteiger partial charge on any atom is 0.263 e. The number of carbonyl (C=O) groups is 2. The first-order valence-corrected chi connectivity index (χ1v) is 11.5. The fourth-order valence-corrected chi connectivity index (χ4v) is 4.57. The van der Waals surface area contributed by atoms with Crippen molar-refractivity contribution in [1.29, 1.82) is 0 Å². The number of carbonyl (C=O) groups excluding carboxylic acids is 2. The van der Waals surface area contributed by atoms with Crippen molar-refractivity contribution in [3.8, 4) is 0 Å². The molecule has 1 aliphatic heterocycles. The van der Waals surface area contributed by atoms with Crippen molar-refractivity contribution in [1.82, 2.24) is 4.98 Å². The van der Waals surface area contributed by atoms with Gasteiger partial charge in [-0.2, -0.15) is 0 Å². The van der Waals surface area contributed by atoms with E-state index in [0.717, 1.165) is 11.3 Å². The average Bonchev–Trinajstić information content (AvgIpc) is 3.16. The summed E-state index contributed by atoms with van der Waals surface area (Å²) in [5.74, 6) is -0.650. The van der Waals surface area contributed by atoms with Gasteiger partial charge in [0.05, 0.1) is 10.8 Å². The van der Waals surface area contributed by atoms with Crippen LogP contribution in [0, 0.1) is 12.8 Å². The van der Waals surface area contributed by atoms with Gasteiger partial charge in [-0.1, -0.05) is 24.3 Å². The van der Waals surface area contributed by atoms with Crippen molar-refractivity contribution in [2.75, 3.05) is 21.5 Å². The Morgan fingerprint density at radius 2 is 1.75 bits per heavy atom. The number of hydrogen-bond donors (Lipinski definition) is 2. The number of nitrogens with zero attached hydrogens (tertiary/aromatic N) is 2. The Labute approximate surface area is 186 Å².